The van der Waals surface area contributed by atoms with Gasteiger partial charge in [-0.1, -0.05) is 36.4 Å². The van der Waals surface area contributed by atoms with Gasteiger partial charge in [0.2, 0.25) is 0 Å². The maximum absolute atomic E-state index is 13.6. The minimum atomic E-state index is -0.0403. The Labute approximate surface area is 205 Å². The lowest BCUT2D eigenvalue weighted by Crippen LogP contribution is -2.37. The predicted molar refractivity (Wildman–Crippen MR) is 133 cm³/mol. The van der Waals surface area contributed by atoms with Gasteiger partial charge in [0.25, 0.3) is 5.91 Å². The van der Waals surface area contributed by atoms with E-state index < -0.39 is 0 Å². The molecule has 0 bridgehead atoms. The van der Waals surface area contributed by atoms with E-state index in [0.717, 1.165) is 43.0 Å². The van der Waals surface area contributed by atoms with E-state index in [1.54, 1.807) is 29.3 Å². The highest BCUT2D eigenvalue weighted by atomic mass is 16.2. The largest absolute Gasteiger partial charge is 0.336 e. The SMILES string of the molecule is Cn1cc(-c2cccc(C(=O)N3CCN(Cc4ccccc4)CC(Cc4cnccn4)C3)n2)cn1. The van der Waals surface area contributed by atoms with Gasteiger partial charge in [-0.25, -0.2) is 4.98 Å². The zero-order chi connectivity index (χ0) is 24.0. The van der Waals surface area contributed by atoms with Crippen LogP contribution in [-0.2, 0) is 20.0 Å². The number of aryl methyl sites for hydroxylation is 1. The van der Waals surface area contributed by atoms with Crippen LogP contribution in [0.4, 0.5) is 0 Å². The van der Waals surface area contributed by atoms with Crippen molar-refractivity contribution in [2.24, 2.45) is 13.0 Å². The van der Waals surface area contributed by atoms with Crippen molar-refractivity contribution >= 4 is 5.91 Å². The summed E-state index contributed by atoms with van der Waals surface area (Å²) in [5, 5.41) is 4.23. The molecule has 1 amide bonds. The Kier molecular flexibility index (Phi) is 6.90. The van der Waals surface area contributed by atoms with Gasteiger partial charge in [0.1, 0.15) is 5.69 Å². The summed E-state index contributed by atoms with van der Waals surface area (Å²) in [4.78, 5) is 31.4. The fourth-order valence-corrected chi connectivity index (χ4v) is 4.64. The van der Waals surface area contributed by atoms with Gasteiger partial charge in [0.05, 0.1) is 17.6 Å². The van der Waals surface area contributed by atoms with E-state index in [0.29, 0.717) is 18.8 Å². The first-order valence-electron chi connectivity index (χ1n) is 11.9. The topological polar surface area (TPSA) is 80.0 Å². The van der Waals surface area contributed by atoms with Crippen LogP contribution in [0.5, 0.6) is 0 Å². The Hall–Kier alpha value is -3.91. The van der Waals surface area contributed by atoms with Crippen molar-refractivity contribution in [1.29, 1.82) is 0 Å². The van der Waals surface area contributed by atoms with Gasteiger partial charge in [0, 0.05) is 70.1 Å². The van der Waals surface area contributed by atoms with E-state index in [1.165, 1.54) is 5.56 Å². The number of carbonyl (C=O) groups is 1. The van der Waals surface area contributed by atoms with E-state index in [2.05, 4.69) is 49.2 Å². The van der Waals surface area contributed by atoms with Crippen LogP contribution >= 0.6 is 0 Å². The first-order chi connectivity index (χ1) is 17.1. The van der Waals surface area contributed by atoms with Gasteiger partial charge in [-0.2, -0.15) is 5.10 Å². The second-order valence-electron chi connectivity index (χ2n) is 9.05. The Balaban J connectivity index is 1.36. The average Bonchev–Trinajstić information content (AvgIpc) is 3.23. The molecule has 1 aliphatic heterocycles. The molecule has 5 rings (SSSR count). The number of hydrogen-bond donors (Lipinski definition) is 0. The van der Waals surface area contributed by atoms with Crippen LogP contribution in [0.15, 0.2) is 79.5 Å². The summed E-state index contributed by atoms with van der Waals surface area (Å²) in [6, 6.07) is 16.1. The molecule has 1 atom stereocenters. The summed E-state index contributed by atoms with van der Waals surface area (Å²) in [6.45, 7) is 3.85. The first-order valence-corrected chi connectivity index (χ1v) is 11.9. The van der Waals surface area contributed by atoms with Crippen LogP contribution in [0.2, 0.25) is 0 Å². The zero-order valence-electron chi connectivity index (χ0n) is 19.9. The lowest BCUT2D eigenvalue weighted by Gasteiger charge is -2.24. The number of pyridine rings is 1. The average molecular weight is 468 g/mol. The van der Waals surface area contributed by atoms with Crippen molar-refractivity contribution in [3.8, 4) is 11.3 Å². The van der Waals surface area contributed by atoms with Gasteiger partial charge >= 0.3 is 0 Å². The molecule has 1 aliphatic rings. The maximum Gasteiger partial charge on any atom is 0.272 e. The fraction of sp³-hybridized carbons (Fsp3) is 0.296. The molecule has 0 aliphatic carbocycles. The molecular weight excluding hydrogens is 438 g/mol. The van der Waals surface area contributed by atoms with E-state index >= 15 is 0 Å². The molecule has 178 valence electrons. The second kappa shape index (κ2) is 10.6. The number of nitrogens with zero attached hydrogens (tertiary/aromatic N) is 7. The highest BCUT2D eigenvalue weighted by molar-refractivity contribution is 5.93. The molecule has 0 saturated carbocycles. The maximum atomic E-state index is 13.6. The predicted octanol–water partition coefficient (Wildman–Crippen LogP) is 3.09. The molecular formula is C27H29N7O. The molecule has 0 N–H and O–H groups in total. The van der Waals surface area contributed by atoms with Crippen LogP contribution in [0.3, 0.4) is 0 Å². The lowest BCUT2D eigenvalue weighted by atomic mass is 10.0. The first kappa shape index (κ1) is 22.9. The molecule has 4 aromatic rings. The van der Waals surface area contributed by atoms with E-state index in [1.807, 2.05) is 42.5 Å². The van der Waals surface area contributed by atoms with Crippen LogP contribution in [0.25, 0.3) is 11.3 Å². The zero-order valence-corrected chi connectivity index (χ0v) is 19.9. The van der Waals surface area contributed by atoms with Gasteiger partial charge in [-0.15, -0.1) is 0 Å². The third kappa shape index (κ3) is 5.78. The normalized spacial score (nSPS) is 16.7. The van der Waals surface area contributed by atoms with E-state index in [4.69, 9.17) is 0 Å². The second-order valence-corrected chi connectivity index (χ2v) is 9.05. The van der Waals surface area contributed by atoms with Gasteiger partial charge < -0.3 is 4.90 Å². The smallest absolute Gasteiger partial charge is 0.272 e. The standard InChI is InChI=1S/C27H29N7O/c1-32-20-23(15-30-32)25-8-5-9-26(31-25)27(35)34-13-12-33(17-21-6-3-2-4-7-21)18-22(19-34)14-24-16-28-10-11-29-24/h2-11,15-16,20,22H,12-14,17-19H2,1H3. The molecule has 3 aromatic heterocycles. The van der Waals surface area contributed by atoms with E-state index in [9.17, 15) is 4.79 Å². The number of carbonyl (C=O) groups excluding carboxylic acids is 1. The van der Waals surface area contributed by atoms with Gasteiger partial charge in [0.15, 0.2) is 0 Å². The highest BCUT2D eigenvalue weighted by Crippen LogP contribution is 2.20. The summed E-state index contributed by atoms with van der Waals surface area (Å²) in [5.74, 6) is 0.199. The van der Waals surface area contributed by atoms with Crippen LogP contribution in [0.1, 0.15) is 21.7 Å². The van der Waals surface area contributed by atoms with Crippen molar-refractivity contribution < 1.29 is 4.79 Å². The number of hydrogen-bond acceptors (Lipinski definition) is 6. The van der Waals surface area contributed by atoms with Crippen LogP contribution < -0.4 is 0 Å². The Morgan fingerprint density at radius 1 is 1.00 bits per heavy atom. The minimum absolute atomic E-state index is 0.0403. The van der Waals surface area contributed by atoms with Crippen LogP contribution in [-0.4, -0.2) is 66.6 Å². The quantitative estimate of drug-likeness (QED) is 0.434. The molecule has 1 fully saturated rings. The summed E-state index contributed by atoms with van der Waals surface area (Å²) in [6.07, 6.45) is 9.67. The Bertz CT molecular complexity index is 1260. The molecule has 1 aromatic carbocycles. The summed E-state index contributed by atoms with van der Waals surface area (Å²) in [7, 11) is 1.87. The van der Waals surface area contributed by atoms with Crippen molar-refractivity contribution in [3.63, 3.8) is 0 Å². The molecule has 8 heteroatoms. The van der Waals surface area contributed by atoms with Gasteiger partial charge in [-0.05, 0) is 30.0 Å². The number of amides is 1. The van der Waals surface area contributed by atoms with Crippen molar-refractivity contribution in [2.75, 3.05) is 26.2 Å². The molecule has 1 saturated heterocycles. The molecule has 0 radical (unpaired) electrons. The van der Waals surface area contributed by atoms with Crippen molar-refractivity contribution in [2.45, 2.75) is 13.0 Å². The van der Waals surface area contributed by atoms with Crippen LogP contribution in [0, 0.1) is 5.92 Å². The summed E-state index contributed by atoms with van der Waals surface area (Å²) < 4.78 is 1.73. The number of rotatable bonds is 6. The molecule has 35 heavy (non-hydrogen) atoms. The van der Waals surface area contributed by atoms with Crippen molar-refractivity contribution in [3.05, 3.63) is 96.5 Å². The third-order valence-electron chi connectivity index (χ3n) is 6.30. The summed E-state index contributed by atoms with van der Waals surface area (Å²) in [5.41, 5.74) is 4.33. The third-order valence-corrected chi connectivity index (χ3v) is 6.30. The fourth-order valence-electron chi connectivity index (χ4n) is 4.64. The van der Waals surface area contributed by atoms with E-state index in [-0.39, 0.29) is 11.8 Å². The number of aromatic nitrogens is 5. The molecule has 1 unspecified atom stereocenters. The van der Waals surface area contributed by atoms with Crippen molar-refractivity contribution in [1.82, 2.24) is 34.5 Å². The molecule has 4 heterocycles. The molecule has 8 nitrogen and oxygen atoms in total. The number of benzene rings is 1. The Morgan fingerprint density at radius 3 is 2.66 bits per heavy atom. The molecule has 0 spiro atoms. The minimum Gasteiger partial charge on any atom is -0.336 e. The van der Waals surface area contributed by atoms with Gasteiger partial charge in [-0.3, -0.25) is 24.3 Å². The Morgan fingerprint density at radius 2 is 1.89 bits per heavy atom. The monoisotopic (exact) mass is 467 g/mol. The highest BCUT2D eigenvalue weighted by Gasteiger charge is 2.28. The lowest BCUT2D eigenvalue weighted by molar-refractivity contribution is 0.0740. The summed E-state index contributed by atoms with van der Waals surface area (Å²) >= 11 is 0.